The molecule has 0 bridgehead atoms. The van der Waals surface area contributed by atoms with Crippen LogP contribution in [0.25, 0.3) is 0 Å². The molecule has 106 valence electrons. The van der Waals surface area contributed by atoms with Gasteiger partial charge in [0, 0.05) is 35.3 Å². The van der Waals surface area contributed by atoms with E-state index in [0.29, 0.717) is 32.7 Å². The Kier molecular flexibility index (Phi) is 5.22. The van der Waals surface area contributed by atoms with E-state index in [9.17, 15) is 8.78 Å². The maximum Gasteiger partial charge on any atom is 0.130 e. The molecule has 0 saturated heterocycles. The van der Waals surface area contributed by atoms with Crippen LogP contribution in [0.5, 0.6) is 0 Å². The van der Waals surface area contributed by atoms with Gasteiger partial charge in [0.2, 0.25) is 0 Å². The second-order valence-corrected chi connectivity index (χ2v) is 5.35. The first-order valence-corrected chi connectivity index (χ1v) is 6.89. The predicted molar refractivity (Wildman–Crippen MR) is 78.4 cm³/mol. The third-order valence-electron chi connectivity index (χ3n) is 2.77. The fourth-order valence-corrected chi connectivity index (χ4v) is 2.40. The Balaban J connectivity index is 2.05. The minimum atomic E-state index is -0.604. The van der Waals surface area contributed by atoms with Gasteiger partial charge in [-0.2, -0.15) is 0 Å². The van der Waals surface area contributed by atoms with E-state index < -0.39 is 11.6 Å². The zero-order valence-electron chi connectivity index (χ0n) is 10.2. The maximum atomic E-state index is 13.4. The first kappa shape index (κ1) is 15.5. The minimum Gasteiger partial charge on any atom is -0.308 e. The van der Waals surface area contributed by atoms with Gasteiger partial charge in [-0.3, -0.25) is 0 Å². The minimum absolute atomic E-state index is 0.227. The molecule has 0 aliphatic rings. The van der Waals surface area contributed by atoms with Crippen molar-refractivity contribution in [3.05, 3.63) is 68.2 Å². The summed E-state index contributed by atoms with van der Waals surface area (Å²) in [7, 11) is 0. The van der Waals surface area contributed by atoms with E-state index in [4.69, 9.17) is 34.8 Å². The van der Waals surface area contributed by atoms with Gasteiger partial charge in [-0.15, -0.1) is 0 Å². The van der Waals surface area contributed by atoms with Crippen molar-refractivity contribution >= 4 is 34.8 Å². The molecule has 1 N–H and O–H groups in total. The Morgan fingerprint density at radius 1 is 0.900 bits per heavy atom. The normalized spacial score (nSPS) is 10.8. The SMILES string of the molecule is Fc1ccc(CNCc2c(Cl)ccc(Cl)c2Cl)c(F)c1. The summed E-state index contributed by atoms with van der Waals surface area (Å²) in [6, 6.07) is 6.69. The lowest BCUT2D eigenvalue weighted by molar-refractivity contribution is 0.560. The van der Waals surface area contributed by atoms with Gasteiger partial charge >= 0.3 is 0 Å². The average Bonchev–Trinajstić information content (AvgIpc) is 2.40. The Morgan fingerprint density at radius 3 is 2.30 bits per heavy atom. The molecule has 0 aromatic heterocycles. The van der Waals surface area contributed by atoms with Crippen LogP contribution in [0, 0.1) is 11.6 Å². The highest BCUT2D eigenvalue weighted by Gasteiger charge is 2.10. The van der Waals surface area contributed by atoms with Crippen molar-refractivity contribution in [1.29, 1.82) is 0 Å². The smallest absolute Gasteiger partial charge is 0.130 e. The molecule has 2 aromatic rings. The highest BCUT2D eigenvalue weighted by molar-refractivity contribution is 6.44. The number of rotatable bonds is 4. The first-order valence-electron chi connectivity index (χ1n) is 5.76. The van der Waals surface area contributed by atoms with E-state index in [2.05, 4.69) is 5.32 Å². The zero-order valence-corrected chi connectivity index (χ0v) is 12.5. The van der Waals surface area contributed by atoms with Crippen molar-refractivity contribution in [1.82, 2.24) is 5.32 Å². The van der Waals surface area contributed by atoms with Gasteiger partial charge in [-0.05, 0) is 18.2 Å². The molecule has 0 atom stereocenters. The third-order valence-corrected chi connectivity index (χ3v) is 3.97. The average molecular weight is 337 g/mol. The molecule has 2 aromatic carbocycles. The maximum absolute atomic E-state index is 13.4. The van der Waals surface area contributed by atoms with Gasteiger partial charge in [0.1, 0.15) is 11.6 Å². The molecule has 1 nitrogen and oxygen atoms in total. The monoisotopic (exact) mass is 335 g/mol. The van der Waals surface area contributed by atoms with Crippen molar-refractivity contribution in [2.24, 2.45) is 0 Å². The second-order valence-electron chi connectivity index (χ2n) is 4.16. The van der Waals surface area contributed by atoms with Gasteiger partial charge in [0.05, 0.1) is 10.0 Å². The number of halogens is 5. The van der Waals surface area contributed by atoms with E-state index in [-0.39, 0.29) is 6.54 Å². The molecule has 0 aliphatic carbocycles. The molecule has 0 fully saturated rings. The van der Waals surface area contributed by atoms with E-state index in [1.54, 1.807) is 12.1 Å². The summed E-state index contributed by atoms with van der Waals surface area (Å²) < 4.78 is 26.2. The number of hydrogen-bond acceptors (Lipinski definition) is 1. The number of nitrogens with one attached hydrogen (secondary N) is 1. The van der Waals surface area contributed by atoms with E-state index in [0.717, 1.165) is 6.07 Å². The molecule has 2 rings (SSSR count). The Labute approximate surface area is 130 Å². The molecule has 0 saturated carbocycles. The first-order chi connectivity index (χ1) is 9.49. The molecule has 0 spiro atoms. The summed E-state index contributed by atoms with van der Waals surface area (Å²) in [4.78, 5) is 0. The Morgan fingerprint density at radius 2 is 1.60 bits per heavy atom. The summed E-state index contributed by atoms with van der Waals surface area (Å²) in [5.41, 5.74) is 1.00. The van der Waals surface area contributed by atoms with Gasteiger partial charge in [0.15, 0.2) is 0 Å². The van der Waals surface area contributed by atoms with Crippen LogP contribution in [0.4, 0.5) is 8.78 Å². The highest BCUT2D eigenvalue weighted by Crippen LogP contribution is 2.31. The topological polar surface area (TPSA) is 12.0 Å². The lowest BCUT2D eigenvalue weighted by atomic mass is 10.2. The standard InChI is InChI=1S/C14H10Cl3F2N/c15-11-3-4-12(16)14(17)10(11)7-20-6-8-1-2-9(18)5-13(8)19/h1-5,20H,6-7H2. The summed E-state index contributed by atoms with van der Waals surface area (Å²) in [5.74, 6) is -1.20. The van der Waals surface area contributed by atoms with Gasteiger partial charge < -0.3 is 5.32 Å². The predicted octanol–water partition coefficient (Wildman–Crippen LogP) is 5.21. The molecule has 0 unspecified atom stereocenters. The number of hydrogen-bond donors (Lipinski definition) is 1. The molecule has 20 heavy (non-hydrogen) atoms. The van der Waals surface area contributed by atoms with Gasteiger partial charge in [0.25, 0.3) is 0 Å². The fourth-order valence-electron chi connectivity index (χ4n) is 1.72. The lowest BCUT2D eigenvalue weighted by Crippen LogP contribution is -2.14. The third kappa shape index (κ3) is 3.61. The van der Waals surface area contributed by atoms with Crippen LogP contribution >= 0.6 is 34.8 Å². The molecule has 0 aliphatic heterocycles. The fraction of sp³-hybridized carbons (Fsp3) is 0.143. The van der Waals surface area contributed by atoms with E-state index in [1.165, 1.54) is 12.1 Å². The van der Waals surface area contributed by atoms with Crippen LogP contribution in [0.2, 0.25) is 15.1 Å². The van der Waals surface area contributed by atoms with Crippen LogP contribution in [0.1, 0.15) is 11.1 Å². The quantitative estimate of drug-likeness (QED) is 0.755. The molecular weight excluding hydrogens is 327 g/mol. The van der Waals surface area contributed by atoms with Crippen LogP contribution in [-0.4, -0.2) is 0 Å². The van der Waals surface area contributed by atoms with Gasteiger partial charge in [-0.1, -0.05) is 40.9 Å². The summed E-state index contributed by atoms with van der Waals surface area (Å²) >= 11 is 18.0. The van der Waals surface area contributed by atoms with Crippen molar-refractivity contribution < 1.29 is 8.78 Å². The Bertz CT molecular complexity index is 632. The van der Waals surface area contributed by atoms with Gasteiger partial charge in [-0.25, -0.2) is 8.78 Å². The highest BCUT2D eigenvalue weighted by atomic mass is 35.5. The van der Waals surface area contributed by atoms with Crippen LogP contribution in [0.3, 0.4) is 0 Å². The van der Waals surface area contributed by atoms with Crippen molar-refractivity contribution in [3.63, 3.8) is 0 Å². The number of benzene rings is 2. The largest absolute Gasteiger partial charge is 0.308 e. The zero-order chi connectivity index (χ0) is 14.7. The molecule has 0 heterocycles. The molecule has 6 heteroatoms. The van der Waals surface area contributed by atoms with Crippen LogP contribution < -0.4 is 5.32 Å². The lowest BCUT2D eigenvalue weighted by Gasteiger charge is -2.10. The summed E-state index contributed by atoms with van der Waals surface area (Å²) in [5, 5.41) is 4.25. The Hall–Kier alpha value is -0.870. The van der Waals surface area contributed by atoms with Crippen LogP contribution in [-0.2, 0) is 13.1 Å². The molecule has 0 amide bonds. The van der Waals surface area contributed by atoms with Crippen molar-refractivity contribution in [2.45, 2.75) is 13.1 Å². The van der Waals surface area contributed by atoms with E-state index in [1.807, 2.05) is 0 Å². The van der Waals surface area contributed by atoms with Crippen molar-refractivity contribution in [3.8, 4) is 0 Å². The molecule has 0 radical (unpaired) electrons. The summed E-state index contributed by atoms with van der Waals surface area (Å²) in [6.07, 6.45) is 0. The van der Waals surface area contributed by atoms with E-state index >= 15 is 0 Å². The molecular formula is C14H10Cl3F2N. The van der Waals surface area contributed by atoms with Crippen molar-refractivity contribution in [2.75, 3.05) is 0 Å². The van der Waals surface area contributed by atoms with Crippen LogP contribution in [0.15, 0.2) is 30.3 Å². The second kappa shape index (κ2) is 6.72. The summed E-state index contributed by atoms with van der Waals surface area (Å²) in [6.45, 7) is 0.556.